The summed E-state index contributed by atoms with van der Waals surface area (Å²) in [5.74, 6) is 0.357. The molecule has 0 bridgehead atoms. The fourth-order valence-corrected chi connectivity index (χ4v) is 26.8. The van der Waals surface area contributed by atoms with Crippen LogP contribution < -0.4 is 4.74 Å². The Morgan fingerprint density at radius 2 is 1.21 bits per heavy atom. The molecule has 8 rings (SSSR count). The van der Waals surface area contributed by atoms with Crippen molar-refractivity contribution >= 4 is 42.7 Å². The third kappa shape index (κ3) is 12.2. The van der Waals surface area contributed by atoms with Crippen molar-refractivity contribution in [2.75, 3.05) is 27.4 Å². The summed E-state index contributed by atoms with van der Waals surface area (Å²) in [4.78, 5) is 43.8. The highest BCUT2D eigenvalue weighted by atomic mass is 28.4. The highest BCUT2D eigenvalue weighted by molar-refractivity contribution is 6.74. The monoisotopic (exact) mass is 1230 g/mol. The Hall–Kier alpha value is -2.08. The van der Waals surface area contributed by atoms with Crippen LogP contribution in [0.1, 0.15) is 172 Å². The number of fused-ring (bicyclic) bond motifs is 4. The minimum atomic E-state index is -2.50. The number of ketones is 1. The number of aliphatic hydroxyl groups is 1. The lowest BCUT2D eigenvalue weighted by Gasteiger charge is -2.61. The molecule has 1 N–H and O–H groups in total. The SMILES string of the molecule is CC[Si](CC)(CC)O[C@@H]1[C@@H](OC(=O)c2ccc(OC)cc2)[C@H](O[C@@H]2[C@@H](OC(C)=O)[C@H](O[C@@H](CCC(C)C)[C@@H](C)[C@@]3(O)C(=O)C[C@H]4[C@@H]5C[C@@H](OC)[C@]67C[C@H]6CC[C@]7(C)[C@H]5CC[C@@]43C)OC[C@@H]2O[Si](CC)(CC)CC)OC[C@H]1O[Si](CC)(CC)CC. The molecular formula is C66H112O15Si3. The molecule has 2 heterocycles. The smallest absolute Gasteiger partial charge is 0.338 e. The first kappa shape index (κ1) is 67.8. The standard InChI is InChI=1S/C66H112O15Si3/c1-18-82(19-2,20-3)79-52-40-73-61(76-51(32-27-42(10)11)43(12)66(70)54(68)38-50-48-37-55(72-17)65-39-46(65)33-35-63(65,14)49(48)34-36-64(50,66)15)58(75-44(13)67)56(52)78-62-59(77-60(69)45-28-30-47(71-16)31-29-45)57(81-84(24-7,25-8)26-9)53(41-74-62)80-83(21-4,22-5)23-6/h28-31,42-43,46,48-53,55-59,61-62,70H,18-27,32-41H2,1-17H3/t43-,46-,48-,49+,50+,51+,52+,53-,55-,56+,57+,58-,59-,61+,62+,63-,64+,65+,66-/m1/s1. The van der Waals surface area contributed by atoms with E-state index in [0.717, 1.165) is 86.0 Å². The van der Waals surface area contributed by atoms with Crippen molar-refractivity contribution in [3.63, 3.8) is 0 Å². The first-order valence-corrected chi connectivity index (χ1v) is 40.9. The van der Waals surface area contributed by atoms with E-state index in [-0.39, 0.29) is 53.7 Å². The second-order valence-electron chi connectivity index (χ2n) is 27.8. The lowest BCUT2D eigenvalue weighted by molar-refractivity contribution is -0.339. The van der Waals surface area contributed by atoms with Gasteiger partial charge in [0.2, 0.25) is 0 Å². The molecule has 478 valence electrons. The molecule has 0 unspecified atom stereocenters. The zero-order valence-electron chi connectivity index (χ0n) is 54.9. The molecule has 0 radical (unpaired) electrons. The minimum Gasteiger partial charge on any atom is -0.497 e. The quantitative estimate of drug-likeness (QED) is 0.0592. The molecule has 2 aliphatic heterocycles. The summed E-state index contributed by atoms with van der Waals surface area (Å²) in [6.45, 7) is 32.2. The van der Waals surface area contributed by atoms with Gasteiger partial charge in [-0.1, -0.05) is 96.9 Å². The van der Waals surface area contributed by atoms with Crippen LogP contribution in [0.4, 0.5) is 0 Å². The molecule has 1 spiro atoms. The molecule has 5 aliphatic carbocycles. The summed E-state index contributed by atoms with van der Waals surface area (Å²) in [6.07, 6.45) is -0.726. The van der Waals surface area contributed by atoms with Gasteiger partial charge in [0.25, 0.3) is 0 Å². The molecule has 0 aromatic heterocycles. The molecule has 1 aromatic rings. The maximum Gasteiger partial charge on any atom is 0.338 e. The number of rotatable bonds is 29. The van der Waals surface area contributed by atoms with Gasteiger partial charge in [0.15, 0.2) is 55.5 Å². The summed E-state index contributed by atoms with van der Waals surface area (Å²) >= 11 is 0. The molecule has 5 saturated carbocycles. The summed E-state index contributed by atoms with van der Waals surface area (Å²) in [5.41, 5.74) is -1.73. The Bertz CT molecular complexity index is 2340. The van der Waals surface area contributed by atoms with Crippen LogP contribution in [0.25, 0.3) is 0 Å². The van der Waals surface area contributed by atoms with E-state index in [1.165, 1.54) is 26.2 Å². The number of carbonyl (C=O) groups excluding carboxylic acids is 3. The van der Waals surface area contributed by atoms with Gasteiger partial charge in [0.05, 0.1) is 50.3 Å². The largest absolute Gasteiger partial charge is 0.497 e. The fraction of sp³-hybridized carbons (Fsp3) is 0.864. The van der Waals surface area contributed by atoms with Crippen LogP contribution in [0.3, 0.4) is 0 Å². The van der Waals surface area contributed by atoms with E-state index in [2.05, 4.69) is 90.0 Å². The number of carbonyl (C=O) groups is 3. The van der Waals surface area contributed by atoms with E-state index in [4.69, 9.17) is 51.2 Å². The van der Waals surface area contributed by atoms with Crippen LogP contribution in [-0.4, -0.2) is 142 Å². The molecule has 7 fully saturated rings. The van der Waals surface area contributed by atoms with Gasteiger partial charge in [-0.05, 0) is 165 Å². The van der Waals surface area contributed by atoms with E-state index < -0.39 is 109 Å². The third-order valence-electron chi connectivity index (χ3n) is 24.4. The number of Topliss-reactive ketones (excluding diaryl/α,β-unsaturated/α-hetero) is 1. The van der Waals surface area contributed by atoms with Crippen LogP contribution in [0.15, 0.2) is 24.3 Å². The molecule has 1 aromatic carbocycles. The first-order chi connectivity index (χ1) is 39.9. The number of hydrogen-bond donors (Lipinski definition) is 1. The molecule has 0 amide bonds. The average Bonchev–Trinajstić information content (AvgIpc) is 1.49. The Kier molecular flexibility index (Phi) is 21.9. The van der Waals surface area contributed by atoms with Crippen LogP contribution in [-0.2, 0) is 56.0 Å². The van der Waals surface area contributed by atoms with Gasteiger partial charge in [0, 0.05) is 37.2 Å². The lowest BCUT2D eigenvalue weighted by atomic mass is 9.44. The highest BCUT2D eigenvalue weighted by Gasteiger charge is 2.79. The number of hydrogen-bond acceptors (Lipinski definition) is 15. The summed E-state index contributed by atoms with van der Waals surface area (Å²) in [5, 5.41) is 13.7. The Morgan fingerprint density at radius 1 is 0.679 bits per heavy atom. The Labute approximate surface area is 508 Å². The maximum atomic E-state index is 15.2. The second kappa shape index (κ2) is 27.2. The minimum absolute atomic E-state index is 0.00772. The average molecular weight is 1230 g/mol. The third-order valence-corrected chi connectivity index (χ3v) is 38.4. The van der Waals surface area contributed by atoms with Crippen LogP contribution >= 0.6 is 0 Å². The molecular weight excluding hydrogens is 1120 g/mol. The predicted octanol–water partition coefficient (Wildman–Crippen LogP) is 13.5. The van der Waals surface area contributed by atoms with Gasteiger partial charge >= 0.3 is 11.9 Å². The molecule has 15 nitrogen and oxygen atoms in total. The van der Waals surface area contributed by atoms with Gasteiger partial charge < -0.3 is 56.3 Å². The van der Waals surface area contributed by atoms with Crippen molar-refractivity contribution < 1.29 is 70.7 Å². The molecule has 84 heavy (non-hydrogen) atoms. The van der Waals surface area contributed by atoms with Gasteiger partial charge in [-0.15, -0.1) is 0 Å². The summed E-state index contributed by atoms with van der Waals surface area (Å²) in [6, 6.07) is 14.5. The normalized spacial score (nSPS) is 37.4. The maximum absolute atomic E-state index is 15.2. The van der Waals surface area contributed by atoms with Gasteiger partial charge in [-0.2, -0.15) is 0 Å². The Balaban J connectivity index is 1.18. The Morgan fingerprint density at radius 3 is 1.74 bits per heavy atom. The molecule has 18 heteroatoms. The van der Waals surface area contributed by atoms with Gasteiger partial charge in [-0.25, -0.2) is 4.79 Å². The number of methoxy groups -OCH3 is 2. The number of ether oxygens (including phenoxy) is 8. The predicted molar refractivity (Wildman–Crippen MR) is 332 cm³/mol. The van der Waals surface area contributed by atoms with Crippen LogP contribution in [0.2, 0.25) is 54.4 Å². The summed E-state index contributed by atoms with van der Waals surface area (Å²) < 4.78 is 76.1. The number of esters is 2. The van der Waals surface area contributed by atoms with Gasteiger partial charge in [0.1, 0.15) is 23.6 Å². The van der Waals surface area contributed by atoms with Crippen molar-refractivity contribution in [2.24, 2.45) is 51.8 Å². The van der Waals surface area contributed by atoms with E-state index in [9.17, 15) is 14.7 Å². The van der Waals surface area contributed by atoms with Crippen molar-refractivity contribution in [1.29, 1.82) is 0 Å². The topological polar surface area (TPSA) is 173 Å². The molecule has 19 atom stereocenters. The molecule has 7 aliphatic rings. The van der Waals surface area contributed by atoms with Crippen molar-refractivity contribution in [1.82, 2.24) is 0 Å². The van der Waals surface area contributed by atoms with Crippen molar-refractivity contribution in [2.45, 2.75) is 283 Å². The first-order valence-electron chi connectivity index (χ1n) is 33.3. The van der Waals surface area contributed by atoms with Crippen LogP contribution in [0, 0.1) is 51.8 Å². The highest BCUT2D eigenvalue weighted by Crippen LogP contribution is 2.82. The van der Waals surface area contributed by atoms with Crippen LogP contribution in [0.5, 0.6) is 5.75 Å². The zero-order chi connectivity index (χ0) is 61.4. The number of benzene rings is 1. The van der Waals surface area contributed by atoms with Gasteiger partial charge in [-0.3, -0.25) is 9.59 Å². The van der Waals surface area contributed by atoms with E-state index in [1.54, 1.807) is 31.4 Å². The van der Waals surface area contributed by atoms with E-state index in [0.29, 0.717) is 30.1 Å². The zero-order valence-corrected chi connectivity index (χ0v) is 57.9. The second-order valence-corrected chi connectivity index (χ2v) is 42.0. The van der Waals surface area contributed by atoms with E-state index >= 15 is 4.79 Å². The van der Waals surface area contributed by atoms with Crippen molar-refractivity contribution in [3.8, 4) is 5.75 Å². The summed E-state index contributed by atoms with van der Waals surface area (Å²) in [7, 11) is -3.84. The van der Waals surface area contributed by atoms with E-state index in [1.807, 2.05) is 14.0 Å². The molecule has 2 saturated heterocycles. The fourth-order valence-electron chi connectivity index (χ4n) is 18.2. The van der Waals surface area contributed by atoms with Crippen molar-refractivity contribution in [3.05, 3.63) is 29.8 Å². The lowest BCUT2D eigenvalue weighted by Crippen LogP contribution is -2.66.